The van der Waals surface area contributed by atoms with Gasteiger partial charge in [-0.25, -0.2) is 10.1 Å². The van der Waals surface area contributed by atoms with Gasteiger partial charge in [-0.3, -0.25) is 9.78 Å². The fraction of sp³-hybridized carbons (Fsp3) is 0.118. The summed E-state index contributed by atoms with van der Waals surface area (Å²) in [6.07, 6.45) is 0.176. The number of aromatic nitrogens is 4. The molecule has 1 aromatic carbocycles. The van der Waals surface area contributed by atoms with E-state index in [4.69, 9.17) is 17.4 Å². The number of alkyl halides is 3. The van der Waals surface area contributed by atoms with Gasteiger partial charge in [0, 0.05) is 18.0 Å². The molecule has 0 unspecified atom stereocenters. The van der Waals surface area contributed by atoms with Gasteiger partial charge in [-0.1, -0.05) is 29.4 Å². The van der Waals surface area contributed by atoms with Gasteiger partial charge in [0.05, 0.1) is 28.2 Å². The first kappa shape index (κ1) is 22.4. The zero-order valence-corrected chi connectivity index (χ0v) is 17.0. The van der Waals surface area contributed by atoms with Crippen molar-refractivity contribution in [2.75, 3.05) is 22.3 Å². The number of thioether (sulfide) groups is 1. The number of hydrazone groups is 1. The normalized spacial score (nSPS) is 11.6. The molecule has 0 bridgehead atoms. The molecular weight excluding hydrogens is 457 g/mol. The Kier molecular flexibility index (Phi) is 6.97. The maximum atomic E-state index is 12.8. The number of amides is 1. The van der Waals surface area contributed by atoms with Crippen LogP contribution in [0.1, 0.15) is 11.1 Å². The minimum absolute atomic E-state index is 0.0219. The molecule has 9 nitrogen and oxygen atoms in total. The molecule has 31 heavy (non-hydrogen) atoms. The summed E-state index contributed by atoms with van der Waals surface area (Å²) in [5.41, 5.74) is 2.28. The van der Waals surface area contributed by atoms with Crippen molar-refractivity contribution < 1.29 is 18.0 Å². The second-order valence-corrected chi connectivity index (χ2v) is 7.21. The molecule has 0 radical (unpaired) electrons. The third-order valence-corrected chi connectivity index (χ3v) is 4.90. The molecule has 0 aliphatic rings. The minimum atomic E-state index is -4.56. The van der Waals surface area contributed by atoms with Gasteiger partial charge < -0.3 is 11.2 Å². The lowest BCUT2D eigenvalue weighted by Gasteiger charge is -2.11. The number of anilines is 2. The van der Waals surface area contributed by atoms with Crippen LogP contribution in [0.3, 0.4) is 0 Å². The number of pyridine rings is 1. The van der Waals surface area contributed by atoms with Crippen LogP contribution >= 0.6 is 23.4 Å². The summed E-state index contributed by atoms with van der Waals surface area (Å²) >= 11 is 6.79. The lowest BCUT2D eigenvalue weighted by atomic mass is 10.2. The maximum Gasteiger partial charge on any atom is 0.416 e. The van der Waals surface area contributed by atoms with E-state index in [2.05, 4.69) is 31.0 Å². The van der Waals surface area contributed by atoms with Crippen LogP contribution in [0.5, 0.6) is 0 Å². The Bertz CT molecular complexity index is 1090. The van der Waals surface area contributed by atoms with E-state index < -0.39 is 17.6 Å². The molecule has 4 N–H and O–H groups in total. The van der Waals surface area contributed by atoms with Gasteiger partial charge in [-0.05, 0) is 24.3 Å². The van der Waals surface area contributed by atoms with Crippen molar-refractivity contribution in [3.8, 4) is 0 Å². The van der Waals surface area contributed by atoms with E-state index in [-0.39, 0.29) is 27.6 Å². The highest BCUT2D eigenvalue weighted by Gasteiger charge is 2.31. The quantitative estimate of drug-likeness (QED) is 0.209. The van der Waals surface area contributed by atoms with E-state index in [0.717, 1.165) is 40.2 Å². The second-order valence-electron chi connectivity index (χ2n) is 5.86. The summed E-state index contributed by atoms with van der Waals surface area (Å²) in [6.45, 7) is 0. The SMILES string of the molecule is Nn1c(N/N=C/c2cccnc2)nnc1SCC(=O)Nc1cc(C(F)(F)F)ccc1Cl. The molecule has 0 spiro atoms. The van der Waals surface area contributed by atoms with E-state index in [9.17, 15) is 18.0 Å². The molecule has 162 valence electrons. The van der Waals surface area contributed by atoms with Crippen molar-refractivity contribution in [2.24, 2.45) is 5.10 Å². The molecule has 3 aromatic rings. The molecule has 0 atom stereocenters. The Hall–Kier alpha value is -3.32. The van der Waals surface area contributed by atoms with E-state index in [1.54, 1.807) is 24.5 Å². The van der Waals surface area contributed by atoms with E-state index >= 15 is 0 Å². The third kappa shape index (κ3) is 6.08. The highest BCUT2D eigenvalue weighted by atomic mass is 35.5. The summed E-state index contributed by atoms with van der Waals surface area (Å²) in [6, 6.07) is 6.20. The lowest BCUT2D eigenvalue weighted by Crippen LogP contribution is -2.17. The molecule has 0 saturated carbocycles. The van der Waals surface area contributed by atoms with Crippen molar-refractivity contribution in [1.29, 1.82) is 0 Å². The Balaban J connectivity index is 1.57. The fourth-order valence-electron chi connectivity index (χ4n) is 2.18. The first-order chi connectivity index (χ1) is 14.7. The van der Waals surface area contributed by atoms with Gasteiger partial charge in [0.25, 0.3) is 5.95 Å². The van der Waals surface area contributed by atoms with Crippen molar-refractivity contribution >= 4 is 47.1 Å². The molecule has 3 rings (SSSR count). The summed E-state index contributed by atoms with van der Waals surface area (Å²) in [5, 5.41) is 14.1. The molecule has 2 heterocycles. The number of rotatable bonds is 7. The van der Waals surface area contributed by atoms with Gasteiger partial charge in [0.15, 0.2) is 0 Å². The van der Waals surface area contributed by atoms with Crippen molar-refractivity contribution in [1.82, 2.24) is 19.9 Å². The first-order valence-corrected chi connectivity index (χ1v) is 9.79. The van der Waals surface area contributed by atoms with Crippen molar-refractivity contribution in [3.63, 3.8) is 0 Å². The zero-order valence-electron chi connectivity index (χ0n) is 15.5. The Labute approximate surface area is 182 Å². The number of carbonyl (C=O) groups excluding carboxylic acids is 1. The molecule has 14 heteroatoms. The van der Waals surface area contributed by atoms with Gasteiger partial charge in [-0.2, -0.15) is 18.3 Å². The number of benzene rings is 1. The van der Waals surface area contributed by atoms with Crippen LogP contribution in [-0.2, 0) is 11.0 Å². The average molecular weight is 471 g/mol. The number of halogens is 4. The molecule has 0 fully saturated rings. The van der Waals surface area contributed by atoms with Crippen LogP contribution in [0.2, 0.25) is 5.02 Å². The standard InChI is InChI=1S/C17H14ClF3N8OS/c18-12-4-3-11(17(19,20)21)6-13(12)25-14(30)9-31-16-28-27-15(29(16)22)26-24-8-10-2-1-5-23-7-10/h1-8H,9,22H2,(H,25,30)(H,26,27)/b24-8+. The summed E-state index contributed by atoms with van der Waals surface area (Å²) < 4.78 is 39.6. The third-order valence-electron chi connectivity index (χ3n) is 3.63. The van der Waals surface area contributed by atoms with Crippen molar-refractivity contribution in [3.05, 3.63) is 58.9 Å². The molecular formula is C17H14ClF3N8OS. The maximum absolute atomic E-state index is 12.8. The Morgan fingerprint density at radius 2 is 2.13 bits per heavy atom. The van der Waals surface area contributed by atoms with Gasteiger partial charge in [0.1, 0.15) is 0 Å². The predicted octanol–water partition coefficient (Wildman–Crippen LogP) is 3.24. The van der Waals surface area contributed by atoms with Crippen LogP contribution in [0.25, 0.3) is 0 Å². The molecule has 0 aliphatic heterocycles. The number of carbonyl (C=O) groups is 1. The largest absolute Gasteiger partial charge is 0.416 e. The Morgan fingerprint density at radius 3 is 2.84 bits per heavy atom. The fourth-order valence-corrected chi connectivity index (χ4v) is 3.00. The van der Waals surface area contributed by atoms with E-state index in [1.165, 1.54) is 6.21 Å². The van der Waals surface area contributed by atoms with Crippen LogP contribution in [-0.4, -0.2) is 37.7 Å². The highest BCUT2D eigenvalue weighted by molar-refractivity contribution is 7.99. The van der Waals surface area contributed by atoms with Gasteiger partial charge >= 0.3 is 6.18 Å². The van der Waals surface area contributed by atoms with Crippen molar-refractivity contribution in [2.45, 2.75) is 11.3 Å². The van der Waals surface area contributed by atoms with Gasteiger partial charge in [-0.15, -0.1) is 10.2 Å². The van der Waals surface area contributed by atoms with Crippen LogP contribution in [0.4, 0.5) is 24.8 Å². The van der Waals surface area contributed by atoms with Crippen LogP contribution in [0, 0.1) is 0 Å². The first-order valence-electron chi connectivity index (χ1n) is 8.43. The number of hydrogen-bond acceptors (Lipinski definition) is 8. The predicted molar refractivity (Wildman–Crippen MR) is 111 cm³/mol. The smallest absolute Gasteiger partial charge is 0.334 e. The zero-order chi connectivity index (χ0) is 22.4. The van der Waals surface area contributed by atoms with Gasteiger partial charge in [0.2, 0.25) is 11.1 Å². The molecule has 1 amide bonds. The molecule has 0 aliphatic carbocycles. The highest BCUT2D eigenvalue weighted by Crippen LogP contribution is 2.33. The molecule has 2 aromatic heterocycles. The number of hydrogen-bond donors (Lipinski definition) is 3. The number of nitrogens with one attached hydrogen (secondary N) is 2. The summed E-state index contributed by atoms with van der Waals surface area (Å²) in [5.74, 6) is 5.18. The van der Waals surface area contributed by atoms with Crippen LogP contribution < -0.4 is 16.6 Å². The second kappa shape index (κ2) is 9.66. The summed E-state index contributed by atoms with van der Waals surface area (Å²) in [4.78, 5) is 16.1. The molecule has 0 saturated heterocycles. The number of nitrogen functional groups attached to an aromatic ring is 1. The van der Waals surface area contributed by atoms with E-state index in [0.29, 0.717) is 0 Å². The topological polar surface area (TPSA) is 123 Å². The summed E-state index contributed by atoms with van der Waals surface area (Å²) in [7, 11) is 0. The minimum Gasteiger partial charge on any atom is -0.334 e. The number of nitrogens with two attached hydrogens (primary N) is 1. The lowest BCUT2D eigenvalue weighted by molar-refractivity contribution is -0.137. The monoisotopic (exact) mass is 470 g/mol. The number of nitrogens with zero attached hydrogens (tertiary/aromatic N) is 5. The average Bonchev–Trinajstić information content (AvgIpc) is 3.08. The van der Waals surface area contributed by atoms with E-state index in [1.807, 2.05) is 0 Å². The van der Waals surface area contributed by atoms with Crippen LogP contribution in [0.15, 0.2) is 53.0 Å². The Morgan fingerprint density at radius 1 is 1.32 bits per heavy atom.